The zero-order valence-electron chi connectivity index (χ0n) is 13.0. The maximum atomic E-state index is 12.3. The third kappa shape index (κ3) is 3.21. The minimum Gasteiger partial charge on any atom is -0.366 e. The Kier molecular flexibility index (Phi) is 4.43. The lowest BCUT2D eigenvalue weighted by Gasteiger charge is -2.02. The summed E-state index contributed by atoms with van der Waals surface area (Å²) in [7, 11) is 0. The van der Waals surface area contributed by atoms with Crippen molar-refractivity contribution in [2.24, 2.45) is 5.73 Å². The number of hydrogen-bond acceptors (Lipinski definition) is 4. The molecule has 7 heteroatoms. The summed E-state index contributed by atoms with van der Waals surface area (Å²) in [4.78, 5) is 24.9. The lowest BCUT2D eigenvalue weighted by molar-refractivity contribution is 0.100. The first-order valence-corrected chi connectivity index (χ1v) is 8.24. The van der Waals surface area contributed by atoms with Crippen LogP contribution in [0.2, 0.25) is 0 Å². The summed E-state index contributed by atoms with van der Waals surface area (Å²) in [5.41, 5.74) is 6.99. The van der Waals surface area contributed by atoms with Crippen molar-refractivity contribution in [1.29, 1.82) is 0 Å². The summed E-state index contributed by atoms with van der Waals surface area (Å²) in [6.45, 7) is 2.61. The number of amides is 2. The molecule has 0 saturated carbocycles. The van der Waals surface area contributed by atoms with E-state index in [1.54, 1.807) is 23.0 Å². The normalized spacial score (nSPS) is 10.5. The van der Waals surface area contributed by atoms with Crippen LogP contribution in [0, 0.1) is 0 Å². The highest BCUT2D eigenvalue weighted by atomic mass is 32.1. The van der Waals surface area contributed by atoms with Crippen LogP contribution >= 0.6 is 11.3 Å². The second-order valence-corrected chi connectivity index (χ2v) is 6.15. The summed E-state index contributed by atoms with van der Waals surface area (Å²) in [5, 5.41) is 7.32. The van der Waals surface area contributed by atoms with E-state index >= 15 is 0 Å². The van der Waals surface area contributed by atoms with Crippen molar-refractivity contribution in [2.75, 3.05) is 5.32 Å². The molecule has 0 aliphatic carbocycles. The van der Waals surface area contributed by atoms with Crippen LogP contribution in [0.3, 0.4) is 0 Å². The third-order valence-electron chi connectivity index (χ3n) is 3.48. The van der Waals surface area contributed by atoms with E-state index in [1.165, 1.54) is 11.3 Å². The SMILES string of the molecule is CCn1ccc(C(=O)Nc2sc(-c3ccccc3)cc2C(N)=O)n1. The van der Waals surface area contributed by atoms with Crippen molar-refractivity contribution in [1.82, 2.24) is 9.78 Å². The van der Waals surface area contributed by atoms with Crippen LogP contribution in [-0.2, 0) is 6.54 Å². The van der Waals surface area contributed by atoms with Gasteiger partial charge in [-0.1, -0.05) is 30.3 Å². The van der Waals surface area contributed by atoms with Crippen molar-refractivity contribution in [3.8, 4) is 10.4 Å². The van der Waals surface area contributed by atoms with Gasteiger partial charge in [-0.25, -0.2) is 0 Å². The van der Waals surface area contributed by atoms with Crippen molar-refractivity contribution in [3.05, 3.63) is 59.9 Å². The van der Waals surface area contributed by atoms with Gasteiger partial charge in [-0.15, -0.1) is 11.3 Å². The molecule has 3 N–H and O–H groups in total. The Bertz CT molecular complexity index is 883. The molecule has 24 heavy (non-hydrogen) atoms. The number of aromatic nitrogens is 2. The Labute approximate surface area is 142 Å². The summed E-state index contributed by atoms with van der Waals surface area (Å²) in [5.74, 6) is -0.950. The van der Waals surface area contributed by atoms with Crippen LogP contribution in [0.5, 0.6) is 0 Å². The zero-order valence-corrected chi connectivity index (χ0v) is 13.8. The molecule has 122 valence electrons. The summed E-state index contributed by atoms with van der Waals surface area (Å²) >= 11 is 1.31. The van der Waals surface area contributed by atoms with E-state index in [1.807, 2.05) is 37.3 Å². The van der Waals surface area contributed by atoms with Gasteiger partial charge in [0.2, 0.25) is 0 Å². The molecule has 1 aromatic carbocycles. The molecule has 3 rings (SSSR count). The van der Waals surface area contributed by atoms with E-state index in [4.69, 9.17) is 5.73 Å². The standard InChI is InChI=1S/C17H16N4O2S/c1-2-21-9-8-13(20-21)16(23)19-17-12(15(18)22)10-14(24-17)11-6-4-3-5-7-11/h3-10H,2H2,1H3,(H2,18,22)(H,19,23). The first kappa shape index (κ1) is 15.9. The van der Waals surface area contributed by atoms with Crippen LogP contribution < -0.4 is 11.1 Å². The molecule has 2 amide bonds. The molecule has 0 bridgehead atoms. The van der Waals surface area contributed by atoms with Crippen molar-refractivity contribution < 1.29 is 9.59 Å². The van der Waals surface area contributed by atoms with Crippen LogP contribution in [0.4, 0.5) is 5.00 Å². The van der Waals surface area contributed by atoms with Crippen molar-refractivity contribution in [3.63, 3.8) is 0 Å². The molecule has 2 heterocycles. The van der Waals surface area contributed by atoms with E-state index in [0.717, 1.165) is 10.4 Å². The third-order valence-corrected chi connectivity index (χ3v) is 4.58. The van der Waals surface area contributed by atoms with Crippen LogP contribution in [0.15, 0.2) is 48.7 Å². The van der Waals surface area contributed by atoms with Gasteiger partial charge in [0.05, 0.1) is 5.56 Å². The predicted molar refractivity (Wildman–Crippen MR) is 94.1 cm³/mol. The Morgan fingerprint density at radius 2 is 2.00 bits per heavy atom. The average Bonchev–Trinajstić information content (AvgIpc) is 3.22. The van der Waals surface area contributed by atoms with Gasteiger partial charge in [0.1, 0.15) is 5.00 Å². The number of carbonyl (C=O) groups excluding carboxylic acids is 2. The van der Waals surface area contributed by atoms with Gasteiger partial charge in [-0.2, -0.15) is 5.10 Å². The number of primary amides is 1. The van der Waals surface area contributed by atoms with Gasteiger partial charge in [-0.05, 0) is 24.6 Å². The quantitative estimate of drug-likeness (QED) is 0.748. The Balaban J connectivity index is 1.90. The van der Waals surface area contributed by atoms with Gasteiger partial charge < -0.3 is 11.1 Å². The highest BCUT2D eigenvalue weighted by molar-refractivity contribution is 7.20. The second-order valence-electron chi connectivity index (χ2n) is 5.09. The molecule has 2 aromatic heterocycles. The maximum Gasteiger partial charge on any atom is 0.276 e. The van der Waals surface area contributed by atoms with E-state index in [2.05, 4.69) is 10.4 Å². The number of carbonyl (C=O) groups is 2. The van der Waals surface area contributed by atoms with Gasteiger partial charge in [0.25, 0.3) is 11.8 Å². The summed E-state index contributed by atoms with van der Waals surface area (Å²) < 4.78 is 1.66. The molecule has 6 nitrogen and oxygen atoms in total. The molecular weight excluding hydrogens is 324 g/mol. The van der Waals surface area contributed by atoms with Gasteiger partial charge >= 0.3 is 0 Å². The van der Waals surface area contributed by atoms with Crippen LogP contribution in [0.1, 0.15) is 27.8 Å². The number of nitrogens with one attached hydrogen (secondary N) is 1. The highest BCUT2D eigenvalue weighted by Crippen LogP contribution is 2.35. The molecule has 0 atom stereocenters. The summed E-state index contributed by atoms with van der Waals surface area (Å²) in [6.07, 6.45) is 1.73. The highest BCUT2D eigenvalue weighted by Gasteiger charge is 2.18. The molecule has 0 fully saturated rings. The Morgan fingerprint density at radius 1 is 1.25 bits per heavy atom. The van der Waals surface area contributed by atoms with Gasteiger partial charge in [-0.3, -0.25) is 14.3 Å². The second kappa shape index (κ2) is 6.67. The number of nitrogens with two attached hydrogens (primary N) is 1. The summed E-state index contributed by atoms with van der Waals surface area (Å²) in [6, 6.07) is 12.9. The number of benzene rings is 1. The number of rotatable bonds is 5. The average molecular weight is 340 g/mol. The molecule has 3 aromatic rings. The molecule has 0 saturated heterocycles. The number of nitrogens with zero attached hydrogens (tertiary/aromatic N) is 2. The minimum absolute atomic E-state index is 0.293. The molecule has 0 aliphatic rings. The number of hydrogen-bond donors (Lipinski definition) is 2. The molecular formula is C17H16N4O2S. The lowest BCUT2D eigenvalue weighted by atomic mass is 10.1. The monoisotopic (exact) mass is 340 g/mol. The minimum atomic E-state index is -0.581. The smallest absolute Gasteiger partial charge is 0.276 e. The Hall–Kier alpha value is -2.93. The van der Waals surface area contributed by atoms with E-state index < -0.39 is 5.91 Å². The lowest BCUT2D eigenvalue weighted by Crippen LogP contribution is -2.17. The van der Waals surface area contributed by atoms with Crippen LogP contribution in [-0.4, -0.2) is 21.6 Å². The maximum absolute atomic E-state index is 12.3. The predicted octanol–water partition coefficient (Wildman–Crippen LogP) is 2.98. The topological polar surface area (TPSA) is 90.0 Å². The largest absolute Gasteiger partial charge is 0.366 e. The van der Waals surface area contributed by atoms with E-state index in [-0.39, 0.29) is 5.91 Å². The number of thiophene rings is 1. The van der Waals surface area contributed by atoms with E-state index in [0.29, 0.717) is 22.8 Å². The van der Waals surface area contributed by atoms with Crippen molar-refractivity contribution >= 4 is 28.2 Å². The molecule has 0 spiro atoms. The zero-order chi connectivity index (χ0) is 17.1. The number of aryl methyl sites for hydroxylation is 1. The molecule has 0 aliphatic heterocycles. The van der Waals surface area contributed by atoms with Crippen molar-refractivity contribution in [2.45, 2.75) is 13.5 Å². The Morgan fingerprint density at radius 3 is 2.62 bits per heavy atom. The molecule has 0 unspecified atom stereocenters. The molecule has 0 radical (unpaired) electrons. The number of anilines is 1. The van der Waals surface area contributed by atoms with E-state index in [9.17, 15) is 9.59 Å². The fourth-order valence-corrected chi connectivity index (χ4v) is 3.30. The van der Waals surface area contributed by atoms with Gasteiger partial charge in [0, 0.05) is 17.6 Å². The fraction of sp³-hybridized carbons (Fsp3) is 0.118. The fourth-order valence-electron chi connectivity index (χ4n) is 2.24. The van der Waals surface area contributed by atoms with Crippen LogP contribution in [0.25, 0.3) is 10.4 Å². The van der Waals surface area contributed by atoms with Gasteiger partial charge in [0.15, 0.2) is 5.69 Å². The first-order chi connectivity index (χ1) is 11.6. The first-order valence-electron chi connectivity index (χ1n) is 7.42.